The summed E-state index contributed by atoms with van der Waals surface area (Å²) in [5, 5.41) is 3.21. The van der Waals surface area contributed by atoms with Crippen molar-refractivity contribution in [1.82, 2.24) is 19.9 Å². The van der Waals surface area contributed by atoms with Crippen molar-refractivity contribution in [1.29, 1.82) is 0 Å². The van der Waals surface area contributed by atoms with Gasteiger partial charge < -0.3 is 15.4 Å². The summed E-state index contributed by atoms with van der Waals surface area (Å²) in [6, 6.07) is 0.859. The number of methoxy groups -OCH3 is 1. The van der Waals surface area contributed by atoms with Gasteiger partial charge in [-0.05, 0) is 25.8 Å². The summed E-state index contributed by atoms with van der Waals surface area (Å²) in [4.78, 5) is 39.2. The van der Waals surface area contributed by atoms with Gasteiger partial charge >= 0.3 is 6.03 Å². The standard InChI is InChI=1S/C16H20N6O3S/c1-9-13(10-5-6-18-12(20-10)8-25-2)26-15(19-9)21-16(24)22-7-3-4-11(22)14(17)23/h5-6,11H,3-4,7-8H2,1-2H3,(H2,17,23)(H,19,21,24)/t11-/m0/s1. The fourth-order valence-corrected chi connectivity index (χ4v) is 3.81. The molecular formula is C16H20N6O3S. The second-order valence-electron chi connectivity index (χ2n) is 5.91. The number of carbonyl (C=O) groups excluding carboxylic acids is 2. The number of nitrogens with zero attached hydrogens (tertiary/aromatic N) is 4. The molecule has 3 N–H and O–H groups in total. The minimum Gasteiger partial charge on any atom is -0.377 e. The first-order valence-corrected chi connectivity index (χ1v) is 8.97. The predicted molar refractivity (Wildman–Crippen MR) is 96.5 cm³/mol. The predicted octanol–water partition coefficient (Wildman–Crippen LogP) is 1.54. The molecule has 2 aromatic heterocycles. The summed E-state index contributed by atoms with van der Waals surface area (Å²) >= 11 is 1.32. The van der Waals surface area contributed by atoms with Gasteiger partial charge in [0.25, 0.3) is 0 Å². The van der Waals surface area contributed by atoms with E-state index < -0.39 is 11.9 Å². The quantitative estimate of drug-likeness (QED) is 0.816. The zero-order valence-corrected chi connectivity index (χ0v) is 15.4. The summed E-state index contributed by atoms with van der Waals surface area (Å²) in [6.07, 6.45) is 3.01. The number of anilines is 1. The molecular weight excluding hydrogens is 356 g/mol. The van der Waals surface area contributed by atoms with E-state index in [1.807, 2.05) is 6.92 Å². The lowest BCUT2D eigenvalue weighted by atomic mass is 10.2. The highest BCUT2D eigenvalue weighted by Crippen LogP contribution is 2.32. The van der Waals surface area contributed by atoms with Gasteiger partial charge in [0, 0.05) is 19.9 Å². The number of amides is 3. The van der Waals surface area contributed by atoms with Crippen LogP contribution in [0, 0.1) is 6.92 Å². The molecule has 0 aliphatic carbocycles. The number of aryl methyl sites for hydroxylation is 1. The molecule has 3 heterocycles. The minimum absolute atomic E-state index is 0.318. The normalized spacial score (nSPS) is 16.7. The molecule has 10 heteroatoms. The molecule has 0 bridgehead atoms. The minimum atomic E-state index is -0.561. The molecule has 2 aromatic rings. The molecule has 0 saturated carbocycles. The molecule has 0 spiro atoms. The summed E-state index contributed by atoms with van der Waals surface area (Å²) in [7, 11) is 1.58. The fraction of sp³-hybridized carbons (Fsp3) is 0.438. The first kappa shape index (κ1) is 18.2. The zero-order valence-electron chi connectivity index (χ0n) is 14.6. The Morgan fingerprint density at radius 2 is 2.27 bits per heavy atom. The van der Waals surface area contributed by atoms with Crippen molar-refractivity contribution < 1.29 is 14.3 Å². The number of ether oxygens (including phenoxy) is 1. The largest absolute Gasteiger partial charge is 0.377 e. The molecule has 9 nitrogen and oxygen atoms in total. The molecule has 1 fully saturated rings. The Morgan fingerprint density at radius 3 is 3.00 bits per heavy atom. The van der Waals surface area contributed by atoms with Crippen molar-refractivity contribution in [3.63, 3.8) is 0 Å². The summed E-state index contributed by atoms with van der Waals surface area (Å²) in [5.41, 5.74) is 6.84. The van der Waals surface area contributed by atoms with E-state index in [1.165, 1.54) is 16.2 Å². The van der Waals surface area contributed by atoms with Crippen LogP contribution in [0.5, 0.6) is 0 Å². The number of primary amides is 1. The summed E-state index contributed by atoms with van der Waals surface area (Å²) in [6.45, 7) is 2.67. The van der Waals surface area contributed by atoms with Gasteiger partial charge in [-0.3, -0.25) is 10.1 Å². The van der Waals surface area contributed by atoms with E-state index in [9.17, 15) is 9.59 Å². The summed E-state index contributed by atoms with van der Waals surface area (Å²) < 4.78 is 5.06. The summed E-state index contributed by atoms with van der Waals surface area (Å²) in [5.74, 6) is 0.0880. The van der Waals surface area contributed by atoms with E-state index >= 15 is 0 Å². The molecule has 1 saturated heterocycles. The Kier molecular flexibility index (Phi) is 5.43. The van der Waals surface area contributed by atoms with Gasteiger partial charge in [-0.2, -0.15) is 0 Å². The number of thiazole rings is 1. The van der Waals surface area contributed by atoms with Crippen LogP contribution in [0.15, 0.2) is 12.3 Å². The Labute approximate surface area is 154 Å². The van der Waals surface area contributed by atoms with Gasteiger partial charge in [0.15, 0.2) is 11.0 Å². The molecule has 0 aromatic carbocycles. The van der Waals surface area contributed by atoms with Crippen LogP contribution in [0.25, 0.3) is 10.6 Å². The first-order chi connectivity index (χ1) is 12.5. The van der Waals surface area contributed by atoms with E-state index in [2.05, 4.69) is 20.3 Å². The Hall–Kier alpha value is -2.59. The number of nitrogens with two attached hydrogens (primary N) is 1. The second-order valence-corrected chi connectivity index (χ2v) is 6.91. The number of urea groups is 1. The van der Waals surface area contributed by atoms with Crippen LogP contribution in [0.2, 0.25) is 0 Å². The van der Waals surface area contributed by atoms with Crippen molar-refractivity contribution in [2.75, 3.05) is 19.0 Å². The second kappa shape index (κ2) is 7.75. The third-order valence-electron chi connectivity index (χ3n) is 4.06. The smallest absolute Gasteiger partial charge is 0.324 e. The zero-order chi connectivity index (χ0) is 18.7. The highest BCUT2D eigenvalue weighted by Gasteiger charge is 2.33. The molecule has 1 aliphatic rings. The third kappa shape index (κ3) is 3.81. The number of rotatable bonds is 5. The maximum Gasteiger partial charge on any atom is 0.324 e. The number of hydrogen-bond donors (Lipinski definition) is 2. The number of nitrogens with one attached hydrogen (secondary N) is 1. The van der Waals surface area contributed by atoms with Crippen LogP contribution in [0.1, 0.15) is 24.4 Å². The van der Waals surface area contributed by atoms with E-state index in [0.29, 0.717) is 30.5 Å². The number of aromatic nitrogens is 3. The molecule has 0 radical (unpaired) electrons. The highest BCUT2D eigenvalue weighted by molar-refractivity contribution is 7.19. The topological polar surface area (TPSA) is 123 Å². The molecule has 0 unspecified atom stereocenters. The number of likely N-dealkylation sites (tertiary alicyclic amines) is 1. The van der Waals surface area contributed by atoms with E-state index in [4.69, 9.17) is 10.5 Å². The molecule has 3 amide bonds. The van der Waals surface area contributed by atoms with Crippen LogP contribution >= 0.6 is 11.3 Å². The maximum atomic E-state index is 12.5. The van der Waals surface area contributed by atoms with Crippen LogP contribution < -0.4 is 11.1 Å². The lowest BCUT2D eigenvalue weighted by Gasteiger charge is -2.21. The lowest BCUT2D eigenvalue weighted by Crippen LogP contribution is -2.45. The first-order valence-electron chi connectivity index (χ1n) is 8.15. The van der Waals surface area contributed by atoms with Gasteiger partial charge in [-0.15, -0.1) is 0 Å². The average Bonchev–Trinajstić information content (AvgIpc) is 3.22. The average molecular weight is 376 g/mol. The highest BCUT2D eigenvalue weighted by atomic mass is 32.1. The molecule has 1 atom stereocenters. The van der Waals surface area contributed by atoms with Gasteiger partial charge in [0.1, 0.15) is 12.6 Å². The van der Waals surface area contributed by atoms with Crippen LogP contribution in [0.3, 0.4) is 0 Å². The van der Waals surface area contributed by atoms with Crippen molar-refractivity contribution >= 4 is 28.4 Å². The van der Waals surface area contributed by atoms with E-state index in [-0.39, 0.29) is 6.03 Å². The van der Waals surface area contributed by atoms with Gasteiger partial charge in [-0.1, -0.05) is 11.3 Å². The van der Waals surface area contributed by atoms with Gasteiger partial charge in [-0.25, -0.2) is 19.7 Å². The SMILES string of the molecule is COCc1nccc(-c2sc(NC(=O)N3CCC[C@H]3C(N)=O)nc2C)n1. The van der Waals surface area contributed by atoms with Gasteiger partial charge in [0.05, 0.1) is 16.3 Å². The van der Waals surface area contributed by atoms with Crippen molar-refractivity contribution in [3.8, 4) is 10.6 Å². The van der Waals surface area contributed by atoms with Crippen molar-refractivity contribution in [3.05, 3.63) is 23.8 Å². The Morgan fingerprint density at radius 1 is 1.46 bits per heavy atom. The van der Waals surface area contributed by atoms with Crippen LogP contribution in [-0.2, 0) is 16.1 Å². The fourth-order valence-electron chi connectivity index (χ4n) is 2.88. The molecule has 1 aliphatic heterocycles. The van der Waals surface area contributed by atoms with Crippen molar-refractivity contribution in [2.24, 2.45) is 5.73 Å². The molecule has 138 valence electrons. The monoisotopic (exact) mass is 376 g/mol. The lowest BCUT2D eigenvalue weighted by molar-refractivity contribution is -0.121. The van der Waals surface area contributed by atoms with E-state index in [0.717, 1.165) is 22.7 Å². The van der Waals surface area contributed by atoms with Crippen LogP contribution in [-0.4, -0.2) is 51.5 Å². The number of carbonyl (C=O) groups is 2. The molecule has 26 heavy (non-hydrogen) atoms. The van der Waals surface area contributed by atoms with Crippen molar-refractivity contribution in [2.45, 2.75) is 32.4 Å². The number of hydrogen-bond acceptors (Lipinski definition) is 7. The Bertz CT molecular complexity index is 824. The van der Waals surface area contributed by atoms with E-state index in [1.54, 1.807) is 19.4 Å². The maximum absolute atomic E-state index is 12.5. The van der Waals surface area contributed by atoms with Crippen LogP contribution in [0.4, 0.5) is 9.93 Å². The van der Waals surface area contributed by atoms with Gasteiger partial charge in [0.2, 0.25) is 5.91 Å². The Balaban J connectivity index is 1.77. The third-order valence-corrected chi connectivity index (χ3v) is 5.16. The molecule has 3 rings (SSSR count).